The van der Waals surface area contributed by atoms with Gasteiger partial charge in [0, 0.05) is 19.2 Å². The fourth-order valence-corrected chi connectivity index (χ4v) is 2.23. The minimum absolute atomic E-state index is 0.0277. The molecule has 0 fully saturated rings. The van der Waals surface area contributed by atoms with Crippen molar-refractivity contribution < 1.29 is 27.5 Å². The molecule has 5 nitrogen and oxygen atoms in total. The van der Waals surface area contributed by atoms with E-state index in [1.165, 1.54) is 31.2 Å². The molecule has 0 radical (unpaired) electrons. The van der Waals surface area contributed by atoms with Gasteiger partial charge in [-0.05, 0) is 36.8 Å². The van der Waals surface area contributed by atoms with Crippen molar-refractivity contribution >= 4 is 11.8 Å². The number of hydrogen-bond donors (Lipinski definition) is 2. The number of halogens is 3. The standard InChI is InChI=1S/C19H19F3N2O3/c1-12(27-15-5-6-16(21)17(22)11-15)19(26)24-8-7-23-18(25)10-13-3-2-4-14(20)9-13/h2-6,9,11-12H,7-8,10H2,1H3,(H,23,25)(H,24,26). The van der Waals surface area contributed by atoms with Gasteiger partial charge in [-0.2, -0.15) is 0 Å². The molecule has 0 aliphatic carbocycles. The van der Waals surface area contributed by atoms with Crippen LogP contribution in [0.1, 0.15) is 12.5 Å². The summed E-state index contributed by atoms with van der Waals surface area (Å²) < 4.78 is 44.3. The van der Waals surface area contributed by atoms with E-state index in [1.54, 1.807) is 6.07 Å². The Kier molecular flexibility index (Phi) is 7.22. The molecule has 2 aromatic rings. The lowest BCUT2D eigenvalue weighted by molar-refractivity contribution is -0.127. The zero-order valence-corrected chi connectivity index (χ0v) is 14.6. The molecule has 0 saturated heterocycles. The molecule has 0 aliphatic heterocycles. The van der Waals surface area contributed by atoms with Crippen molar-refractivity contribution in [3.63, 3.8) is 0 Å². The number of amides is 2. The van der Waals surface area contributed by atoms with E-state index in [2.05, 4.69) is 10.6 Å². The van der Waals surface area contributed by atoms with E-state index in [1.807, 2.05) is 0 Å². The normalized spacial score (nSPS) is 11.6. The average Bonchev–Trinajstić information content (AvgIpc) is 2.61. The SMILES string of the molecule is CC(Oc1ccc(F)c(F)c1)C(=O)NCCNC(=O)Cc1cccc(F)c1. The van der Waals surface area contributed by atoms with Crippen molar-refractivity contribution in [2.75, 3.05) is 13.1 Å². The van der Waals surface area contributed by atoms with E-state index in [-0.39, 0.29) is 31.2 Å². The molecule has 1 atom stereocenters. The van der Waals surface area contributed by atoms with Crippen molar-refractivity contribution in [3.05, 3.63) is 65.5 Å². The summed E-state index contributed by atoms with van der Waals surface area (Å²) in [6, 6.07) is 8.71. The zero-order valence-electron chi connectivity index (χ0n) is 14.6. The molecule has 2 N–H and O–H groups in total. The predicted octanol–water partition coefficient (Wildman–Crippen LogP) is 2.35. The number of carbonyl (C=O) groups is 2. The van der Waals surface area contributed by atoms with E-state index in [0.29, 0.717) is 5.56 Å². The van der Waals surface area contributed by atoms with Crippen LogP contribution in [0.5, 0.6) is 5.75 Å². The molecule has 0 bridgehead atoms. The molecule has 1 unspecified atom stereocenters. The third-order valence-corrected chi connectivity index (χ3v) is 3.57. The van der Waals surface area contributed by atoms with E-state index >= 15 is 0 Å². The zero-order chi connectivity index (χ0) is 19.8. The number of hydrogen-bond acceptors (Lipinski definition) is 3. The Bertz CT molecular complexity index is 815. The summed E-state index contributed by atoms with van der Waals surface area (Å²) in [4.78, 5) is 23.7. The van der Waals surface area contributed by atoms with E-state index < -0.39 is 29.5 Å². The molecule has 27 heavy (non-hydrogen) atoms. The number of benzene rings is 2. The molecule has 8 heteroatoms. The largest absolute Gasteiger partial charge is 0.481 e. The highest BCUT2D eigenvalue weighted by molar-refractivity contribution is 5.81. The van der Waals surface area contributed by atoms with Crippen LogP contribution >= 0.6 is 0 Å². The fraction of sp³-hybridized carbons (Fsp3) is 0.263. The minimum Gasteiger partial charge on any atom is -0.481 e. The number of ether oxygens (including phenoxy) is 1. The van der Waals surface area contributed by atoms with Crippen LogP contribution < -0.4 is 15.4 Å². The Hall–Kier alpha value is -3.03. The van der Waals surface area contributed by atoms with Gasteiger partial charge in [0.25, 0.3) is 5.91 Å². The van der Waals surface area contributed by atoms with Crippen molar-refractivity contribution in [3.8, 4) is 5.75 Å². The van der Waals surface area contributed by atoms with Crippen molar-refractivity contribution in [1.82, 2.24) is 10.6 Å². The Labute approximate surface area is 154 Å². The monoisotopic (exact) mass is 380 g/mol. The van der Waals surface area contributed by atoms with Gasteiger partial charge in [0.2, 0.25) is 5.91 Å². The molecule has 0 heterocycles. The van der Waals surface area contributed by atoms with Gasteiger partial charge < -0.3 is 15.4 Å². The molecule has 0 aromatic heterocycles. The van der Waals surface area contributed by atoms with Crippen LogP contribution in [-0.2, 0) is 16.0 Å². The maximum absolute atomic E-state index is 13.1. The molecule has 0 aliphatic rings. The van der Waals surface area contributed by atoms with Crippen molar-refractivity contribution in [1.29, 1.82) is 0 Å². The maximum atomic E-state index is 13.1. The van der Waals surface area contributed by atoms with Gasteiger partial charge in [-0.3, -0.25) is 9.59 Å². The Morgan fingerprint density at radius 3 is 2.44 bits per heavy atom. The molecule has 0 saturated carbocycles. The third-order valence-electron chi connectivity index (χ3n) is 3.57. The Morgan fingerprint density at radius 2 is 1.74 bits per heavy atom. The lowest BCUT2D eigenvalue weighted by Crippen LogP contribution is -2.41. The summed E-state index contributed by atoms with van der Waals surface area (Å²) in [6.45, 7) is 1.79. The number of nitrogens with one attached hydrogen (secondary N) is 2. The summed E-state index contributed by atoms with van der Waals surface area (Å²) in [6.07, 6.45) is -0.903. The molecule has 144 valence electrons. The second-order valence-corrected chi connectivity index (χ2v) is 5.78. The van der Waals surface area contributed by atoms with E-state index in [9.17, 15) is 22.8 Å². The summed E-state index contributed by atoms with van der Waals surface area (Å²) in [5.41, 5.74) is 0.546. The van der Waals surface area contributed by atoms with E-state index in [4.69, 9.17) is 4.74 Å². The molecular formula is C19H19F3N2O3. The summed E-state index contributed by atoms with van der Waals surface area (Å²) in [5, 5.41) is 5.15. The first-order valence-electron chi connectivity index (χ1n) is 8.25. The highest BCUT2D eigenvalue weighted by atomic mass is 19.2. The van der Waals surface area contributed by atoms with Gasteiger partial charge in [0.15, 0.2) is 17.7 Å². The van der Waals surface area contributed by atoms with Gasteiger partial charge in [-0.1, -0.05) is 12.1 Å². The first-order chi connectivity index (χ1) is 12.8. The molecule has 0 spiro atoms. The van der Waals surface area contributed by atoms with Crippen LogP contribution in [0.2, 0.25) is 0 Å². The van der Waals surface area contributed by atoms with Gasteiger partial charge in [0.05, 0.1) is 6.42 Å². The van der Waals surface area contributed by atoms with Gasteiger partial charge >= 0.3 is 0 Å². The van der Waals surface area contributed by atoms with Gasteiger partial charge in [-0.15, -0.1) is 0 Å². The van der Waals surface area contributed by atoms with Crippen molar-refractivity contribution in [2.45, 2.75) is 19.4 Å². The second-order valence-electron chi connectivity index (χ2n) is 5.78. The fourth-order valence-electron chi connectivity index (χ4n) is 2.23. The summed E-state index contributed by atoms with van der Waals surface area (Å²) >= 11 is 0. The quantitative estimate of drug-likeness (QED) is 0.691. The first-order valence-corrected chi connectivity index (χ1v) is 8.25. The molecule has 2 aromatic carbocycles. The molecule has 2 amide bonds. The number of carbonyl (C=O) groups excluding carboxylic acids is 2. The van der Waals surface area contributed by atoms with Crippen LogP contribution in [0.3, 0.4) is 0 Å². The van der Waals surface area contributed by atoms with E-state index in [0.717, 1.165) is 12.1 Å². The molecular weight excluding hydrogens is 361 g/mol. The maximum Gasteiger partial charge on any atom is 0.260 e. The Balaban J connectivity index is 1.68. The summed E-state index contributed by atoms with van der Waals surface area (Å²) in [5.74, 6) is -3.24. The van der Waals surface area contributed by atoms with Crippen LogP contribution in [0.15, 0.2) is 42.5 Å². The topological polar surface area (TPSA) is 67.4 Å². The first kappa shape index (κ1) is 20.3. The third kappa shape index (κ3) is 6.65. The minimum atomic E-state index is -1.07. The predicted molar refractivity (Wildman–Crippen MR) is 92.6 cm³/mol. The van der Waals surface area contributed by atoms with Crippen LogP contribution in [0.4, 0.5) is 13.2 Å². The van der Waals surface area contributed by atoms with Crippen LogP contribution in [0.25, 0.3) is 0 Å². The summed E-state index contributed by atoms with van der Waals surface area (Å²) in [7, 11) is 0. The Morgan fingerprint density at radius 1 is 1.00 bits per heavy atom. The lowest BCUT2D eigenvalue weighted by Gasteiger charge is -2.15. The van der Waals surface area contributed by atoms with Gasteiger partial charge in [0.1, 0.15) is 11.6 Å². The highest BCUT2D eigenvalue weighted by Gasteiger charge is 2.15. The highest BCUT2D eigenvalue weighted by Crippen LogP contribution is 2.16. The molecule has 2 rings (SSSR count). The average molecular weight is 380 g/mol. The van der Waals surface area contributed by atoms with Gasteiger partial charge in [-0.25, -0.2) is 13.2 Å². The smallest absolute Gasteiger partial charge is 0.260 e. The van der Waals surface area contributed by atoms with Crippen LogP contribution in [-0.4, -0.2) is 31.0 Å². The van der Waals surface area contributed by atoms with Crippen LogP contribution in [0, 0.1) is 17.5 Å². The van der Waals surface area contributed by atoms with Crippen molar-refractivity contribution in [2.24, 2.45) is 0 Å². The number of rotatable bonds is 8. The lowest BCUT2D eigenvalue weighted by atomic mass is 10.1. The second kappa shape index (κ2) is 9.61.